The highest BCUT2D eigenvalue weighted by atomic mass is 16.1. The Kier molecular flexibility index (Phi) is 2.13. The maximum Gasteiger partial charge on any atom is 0.251 e. The summed E-state index contributed by atoms with van der Waals surface area (Å²) >= 11 is 0. The number of hydrogen-bond donors (Lipinski definition) is 1. The average Bonchev–Trinajstić information content (AvgIpc) is 2.14. The minimum absolute atomic E-state index is 0.0277. The number of benzene rings is 1. The van der Waals surface area contributed by atoms with Crippen molar-refractivity contribution < 1.29 is 4.79 Å². The second-order valence-corrected chi connectivity index (χ2v) is 3.04. The molecule has 1 N–H and O–H groups in total. The highest BCUT2D eigenvalue weighted by molar-refractivity contribution is 5.95. The molecule has 0 aromatic heterocycles. The van der Waals surface area contributed by atoms with E-state index in [0.717, 1.165) is 17.5 Å². The molecule has 0 spiro atoms. The van der Waals surface area contributed by atoms with Gasteiger partial charge in [0.1, 0.15) is 0 Å². The van der Waals surface area contributed by atoms with E-state index >= 15 is 0 Å². The second kappa shape index (κ2) is 3.44. The summed E-state index contributed by atoms with van der Waals surface area (Å²) in [7, 11) is 0. The molecule has 1 aromatic rings. The van der Waals surface area contributed by atoms with E-state index in [1.165, 1.54) is 0 Å². The molecule has 1 aliphatic heterocycles. The Morgan fingerprint density at radius 3 is 2.92 bits per heavy atom. The zero-order valence-corrected chi connectivity index (χ0v) is 7.29. The molecule has 0 atom stereocenters. The summed E-state index contributed by atoms with van der Waals surface area (Å²) in [6, 6.07) is 7.71. The highest BCUT2D eigenvalue weighted by Gasteiger charge is 2.09. The fourth-order valence-electron chi connectivity index (χ4n) is 1.46. The van der Waals surface area contributed by atoms with Crippen LogP contribution in [0.1, 0.15) is 15.9 Å². The van der Waals surface area contributed by atoms with E-state index in [2.05, 4.69) is 11.4 Å². The topological polar surface area (TPSA) is 29.1 Å². The van der Waals surface area contributed by atoms with Crippen molar-refractivity contribution in [2.75, 3.05) is 6.54 Å². The van der Waals surface area contributed by atoms with Crippen molar-refractivity contribution in [3.05, 3.63) is 47.5 Å². The average molecular weight is 173 g/mol. The lowest BCUT2D eigenvalue weighted by Crippen LogP contribution is -2.25. The third-order valence-electron chi connectivity index (χ3n) is 2.15. The van der Waals surface area contributed by atoms with Crippen molar-refractivity contribution in [3.8, 4) is 0 Å². The summed E-state index contributed by atoms with van der Waals surface area (Å²) in [5.74, 6) is 0.0277. The zero-order valence-electron chi connectivity index (χ0n) is 7.29. The summed E-state index contributed by atoms with van der Waals surface area (Å²) in [6.07, 6.45) is 4.91. The second-order valence-electron chi connectivity index (χ2n) is 3.04. The first kappa shape index (κ1) is 8.05. The van der Waals surface area contributed by atoms with Gasteiger partial charge in [-0.25, -0.2) is 0 Å². The molecule has 0 radical (unpaired) electrons. The SMILES string of the molecule is O=C1NC/C=C\Cc2ccccc21. The molecular weight excluding hydrogens is 162 g/mol. The van der Waals surface area contributed by atoms with Gasteiger partial charge >= 0.3 is 0 Å². The lowest BCUT2D eigenvalue weighted by molar-refractivity contribution is 0.0956. The molecule has 1 aromatic carbocycles. The standard InChI is InChI=1S/C11H11NO/c13-11-10-7-2-1-5-9(10)6-3-4-8-12-11/h1-5,7H,6,8H2,(H,12,13)/b4-3-. The molecule has 2 rings (SSSR count). The quantitative estimate of drug-likeness (QED) is 0.592. The van der Waals surface area contributed by atoms with Gasteiger partial charge in [-0.15, -0.1) is 0 Å². The lowest BCUT2D eigenvalue weighted by atomic mass is 10.0. The number of fused-ring (bicyclic) bond motifs is 1. The number of carbonyl (C=O) groups is 1. The number of allylic oxidation sites excluding steroid dienone is 1. The Morgan fingerprint density at radius 1 is 1.15 bits per heavy atom. The largest absolute Gasteiger partial charge is 0.349 e. The van der Waals surface area contributed by atoms with Gasteiger partial charge in [-0.3, -0.25) is 4.79 Å². The molecule has 0 aliphatic carbocycles. The molecule has 0 unspecified atom stereocenters. The molecule has 1 aliphatic rings. The lowest BCUT2D eigenvalue weighted by Gasteiger charge is -2.09. The third-order valence-corrected chi connectivity index (χ3v) is 2.15. The number of amides is 1. The van der Waals surface area contributed by atoms with Crippen LogP contribution < -0.4 is 5.32 Å². The Labute approximate surface area is 77.3 Å². The molecule has 0 saturated carbocycles. The van der Waals surface area contributed by atoms with Crippen molar-refractivity contribution in [1.82, 2.24) is 5.32 Å². The Morgan fingerprint density at radius 2 is 2.00 bits per heavy atom. The Balaban J connectivity index is 2.44. The number of rotatable bonds is 0. The van der Waals surface area contributed by atoms with Gasteiger partial charge in [0.05, 0.1) is 0 Å². The van der Waals surface area contributed by atoms with Crippen molar-refractivity contribution in [2.45, 2.75) is 6.42 Å². The molecule has 2 heteroatoms. The molecule has 1 amide bonds. The summed E-state index contributed by atoms with van der Waals surface area (Å²) in [6.45, 7) is 0.632. The third kappa shape index (κ3) is 1.61. The van der Waals surface area contributed by atoms with Gasteiger partial charge in [0.15, 0.2) is 0 Å². The smallest absolute Gasteiger partial charge is 0.251 e. The molecule has 0 saturated heterocycles. The minimum Gasteiger partial charge on any atom is -0.349 e. The first-order valence-electron chi connectivity index (χ1n) is 4.39. The monoisotopic (exact) mass is 173 g/mol. The van der Waals surface area contributed by atoms with Crippen molar-refractivity contribution in [3.63, 3.8) is 0 Å². The maximum atomic E-state index is 11.5. The summed E-state index contributed by atoms with van der Waals surface area (Å²) < 4.78 is 0. The number of hydrogen-bond acceptors (Lipinski definition) is 1. The van der Waals surface area contributed by atoms with E-state index in [1.54, 1.807) is 0 Å². The normalized spacial score (nSPS) is 18.0. The van der Waals surface area contributed by atoms with Gasteiger partial charge < -0.3 is 5.32 Å². The summed E-state index contributed by atoms with van der Waals surface area (Å²) in [4.78, 5) is 11.5. The van der Waals surface area contributed by atoms with Crippen LogP contribution in [0.3, 0.4) is 0 Å². The van der Waals surface area contributed by atoms with E-state index in [1.807, 2.05) is 30.3 Å². The van der Waals surface area contributed by atoms with Gasteiger partial charge in [0, 0.05) is 12.1 Å². The summed E-state index contributed by atoms with van der Waals surface area (Å²) in [5, 5.41) is 2.81. The highest BCUT2D eigenvalue weighted by Crippen LogP contribution is 2.11. The van der Waals surface area contributed by atoms with Crippen LogP contribution in [-0.2, 0) is 6.42 Å². The van der Waals surface area contributed by atoms with E-state index < -0.39 is 0 Å². The minimum atomic E-state index is 0.0277. The number of carbonyl (C=O) groups excluding carboxylic acids is 1. The van der Waals surface area contributed by atoms with Crippen molar-refractivity contribution in [2.24, 2.45) is 0 Å². The van der Waals surface area contributed by atoms with Gasteiger partial charge in [-0.2, -0.15) is 0 Å². The Hall–Kier alpha value is -1.57. The van der Waals surface area contributed by atoms with E-state index in [4.69, 9.17) is 0 Å². The maximum absolute atomic E-state index is 11.5. The van der Waals surface area contributed by atoms with Crippen LogP contribution in [0.15, 0.2) is 36.4 Å². The van der Waals surface area contributed by atoms with Crippen LogP contribution in [0.25, 0.3) is 0 Å². The van der Waals surface area contributed by atoms with Gasteiger partial charge in [0.2, 0.25) is 0 Å². The van der Waals surface area contributed by atoms with Gasteiger partial charge in [0.25, 0.3) is 5.91 Å². The fraction of sp³-hybridized carbons (Fsp3) is 0.182. The molecule has 13 heavy (non-hydrogen) atoms. The van der Waals surface area contributed by atoms with Crippen LogP contribution >= 0.6 is 0 Å². The van der Waals surface area contributed by atoms with Gasteiger partial charge in [-0.1, -0.05) is 30.4 Å². The molecular formula is C11H11NO. The van der Waals surface area contributed by atoms with Gasteiger partial charge in [-0.05, 0) is 18.1 Å². The molecule has 0 fully saturated rings. The number of nitrogens with one attached hydrogen (secondary N) is 1. The molecule has 0 bridgehead atoms. The zero-order chi connectivity index (χ0) is 9.10. The van der Waals surface area contributed by atoms with Crippen LogP contribution in [0.5, 0.6) is 0 Å². The fourth-order valence-corrected chi connectivity index (χ4v) is 1.46. The van der Waals surface area contributed by atoms with E-state index in [0.29, 0.717) is 6.54 Å². The van der Waals surface area contributed by atoms with Crippen molar-refractivity contribution in [1.29, 1.82) is 0 Å². The Bertz CT molecular complexity index is 355. The molecule has 1 heterocycles. The first-order chi connectivity index (χ1) is 6.38. The van der Waals surface area contributed by atoms with Crippen LogP contribution in [0.4, 0.5) is 0 Å². The van der Waals surface area contributed by atoms with E-state index in [-0.39, 0.29) is 5.91 Å². The van der Waals surface area contributed by atoms with Crippen LogP contribution in [0.2, 0.25) is 0 Å². The van der Waals surface area contributed by atoms with Crippen LogP contribution in [0, 0.1) is 0 Å². The van der Waals surface area contributed by atoms with Crippen molar-refractivity contribution >= 4 is 5.91 Å². The van der Waals surface area contributed by atoms with Crippen LogP contribution in [-0.4, -0.2) is 12.5 Å². The predicted octanol–water partition coefficient (Wildman–Crippen LogP) is 1.53. The van der Waals surface area contributed by atoms with E-state index in [9.17, 15) is 4.79 Å². The first-order valence-corrected chi connectivity index (χ1v) is 4.39. The summed E-state index contributed by atoms with van der Waals surface area (Å²) in [5.41, 5.74) is 1.89. The molecule has 2 nitrogen and oxygen atoms in total. The predicted molar refractivity (Wildman–Crippen MR) is 51.6 cm³/mol. The molecule has 66 valence electrons.